The van der Waals surface area contributed by atoms with Crippen molar-refractivity contribution in [2.75, 3.05) is 31.1 Å². The first-order valence-corrected chi connectivity index (χ1v) is 8.49. The summed E-state index contributed by atoms with van der Waals surface area (Å²) in [6.45, 7) is 5.15. The third-order valence-electron chi connectivity index (χ3n) is 4.61. The van der Waals surface area contributed by atoms with Gasteiger partial charge in [0.05, 0.1) is 0 Å². The predicted molar refractivity (Wildman–Crippen MR) is 96.0 cm³/mol. The first kappa shape index (κ1) is 16.5. The minimum Gasteiger partial charge on any atom is -0.378 e. The zero-order valence-electron chi connectivity index (χ0n) is 14.1. The molecular formula is C20H24N2O2. The van der Waals surface area contributed by atoms with Crippen LogP contribution in [0.3, 0.4) is 0 Å². The van der Waals surface area contributed by atoms with Gasteiger partial charge in [0.1, 0.15) is 0 Å². The summed E-state index contributed by atoms with van der Waals surface area (Å²) in [4.78, 5) is 16.7. The second kappa shape index (κ2) is 7.49. The Balaban J connectivity index is 1.67. The molecule has 1 heterocycles. The molecule has 1 saturated heterocycles. The molecule has 0 aromatic heterocycles. The second-order valence-electron chi connectivity index (χ2n) is 6.27. The number of aliphatic hydroxyl groups is 1. The summed E-state index contributed by atoms with van der Waals surface area (Å²) >= 11 is 0. The first-order chi connectivity index (χ1) is 11.7. The van der Waals surface area contributed by atoms with E-state index in [2.05, 4.69) is 30.0 Å². The van der Waals surface area contributed by atoms with Crippen LogP contribution >= 0.6 is 0 Å². The van der Waals surface area contributed by atoms with Gasteiger partial charge in [-0.05, 0) is 30.5 Å². The highest BCUT2D eigenvalue weighted by Gasteiger charge is 2.26. The Morgan fingerprint density at radius 2 is 1.67 bits per heavy atom. The largest absolute Gasteiger partial charge is 0.378 e. The van der Waals surface area contributed by atoms with Gasteiger partial charge in [0.15, 0.2) is 6.10 Å². The van der Waals surface area contributed by atoms with Crippen LogP contribution in [0, 0.1) is 6.92 Å². The number of anilines is 1. The van der Waals surface area contributed by atoms with E-state index in [1.807, 2.05) is 24.3 Å². The molecule has 1 unspecified atom stereocenters. The number of aryl methyl sites for hydroxylation is 1. The van der Waals surface area contributed by atoms with Crippen molar-refractivity contribution in [2.45, 2.75) is 19.4 Å². The Morgan fingerprint density at radius 3 is 2.42 bits per heavy atom. The van der Waals surface area contributed by atoms with Crippen molar-refractivity contribution in [3.05, 3.63) is 65.7 Å². The lowest BCUT2D eigenvalue weighted by molar-refractivity contribution is -0.140. The van der Waals surface area contributed by atoms with Crippen molar-refractivity contribution in [3.8, 4) is 0 Å². The van der Waals surface area contributed by atoms with Gasteiger partial charge in [0.25, 0.3) is 5.91 Å². The van der Waals surface area contributed by atoms with Crippen molar-refractivity contribution in [3.63, 3.8) is 0 Å². The lowest BCUT2D eigenvalue weighted by Gasteiger charge is -2.26. The molecule has 1 N–H and O–H groups in total. The number of para-hydroxylation sites is 1. The van der Waals surface area contributed by atoms with Crippen LogP contribution in [-0.2, 0) is 4.79 Å². The smallest absolute Gasteiger partial charge is 0.256 e. The van der Waals surface area contributed by atoms with E-state index < -0.39 is 6.10 Å². The monoisotopic (exact) mass is 324 g/mol. The van der Waals surface area contributed by atoms with Gasteiger partial charge in [-0.15, -0.1) is 0 Å². The van der Waals surface area contributed by atoms with Crippen LogP contribution in [0.2, 0.25) is 0 Å². The van der Waals surface area contributed by atoms with Crippen LogP contribution in [0.15, 0.2) is 54.6 Å². The van der Waals surface area contributed by atoms with Crippen LogP contribution in [0.1, 0.15) is 23.7 Å². The summed E-state index contributed by atoms with van der Waals surface area (Å²) in [5.41, 5.74) is 3.14. The van der Waals surface area contributed by atoms with Gasteiger partial charge in [-0.1, -0.05) is 48.5 Å². The molecule has 3 rings (SSSR count). The van der Waals surface area contributed by atoms with E-state index in [1.165, 1.54) is 11.3 Å². The Morgan fingerprint density at radius 1 is 0.958 bits per heavy atom. The molecule has 126 valence electrons. The van der Waals surface area contributed by atoms with E-state index in [9.17, 15) is 9.90 Å². The molecule has 1 aliphatic rings. The molecule has 2 aromatic rings. The highest BCUT2D eigenvalue weighted by atomic mass is 16.3. The Labute approximate surface area is 143 Å². The van der Waals surface area contributed by atoms with E-state index in [0.717, 1.165) is 19.5 Å². The molecule has 0 bridgehead atoms. The van der Waals surface area contributed by atoms with Gasteiger partial charge in [0.2, 0.25) is 0 Å². The molecule has 4 nitrogen and oxygen atoms in total. The normalized spacial score (nSPS) is 16.6. The zero-order chi connectivity index (χ0) is 16.9. The molecule has 1 amide bonds. The third-order valence-corrected chi connectivity index (χ3v) is 4.61. The maximum atomic E-state index is 12.6. The van der Waals surface area contributed by atoms with Crippen molar-refractivity contribution >= 4 is 11.6 Å². The molecule has 0 aliphatic carbocycles. The zero-order valence-corrected chi connectivity index (χ0v) is 14.1. The SMILES string of the molecule is Cc1ccccc1N1CCCN(C(=O)C(O)c2ccccc2)CC1. The minimum absolute atomic E-state index is 0.201. The Kier molecular flexibility index (Phi) is 5.16. The molecule has 1 fully saturated rings. The summed E-state index contributed by atoms with van der Waals surface area (Å²) < 4.78 is 0. The summed E-state index contributed by atoms with van der Waals surface area (Å²) in [5.74, 6) is -0.201. The van der Waals surface area contributed by atoms with E-state index in [1.54, 1.807) is 17.0 Å². The number of carbonyl (C=O) groups excluding carboxylic acids is 1. The fraction of sp³-hybridized carbons (Fsp3) is 0.350. The van der Waals surface area contributed by atoms with Crippen molar-refractivity contribution < 1.29 is 9.90 Å². The highest BCUT2D eigenvalue weighted by Crippen LogP contribution is 2.22. The molecular weight excluding hydrogens is 300 g/mol. The number of rotatable bonds is 3. The maximum Gasteiger partial charge on any atom is 0.256 e. The highest BCUT2D eigenvalue weighted by molar-refractivity contribution is 5.82. The molecule has 24 heavy (non-hydrogen) atoms. The van der Waals surface area contributed by atoms with E-state index in [0.29, 0.717) is 18.7 Å². The van der Waals surface area contributed by atoms with Crippen molar-refractivity contribution in [1.29, 1.82) is 0 Å². The minimum atomic E-state index is -1.07. The molecule has 0 spiro atoms. The number of amides is 1. The van der Waals surface area contributed by atoms with Crippen molar-refractivity contribution in [1.82, 2.24) is 4.90 Å². The maximum absolute atomic E-state index is 12.6. The first-order valence-electron chi connectivity index (χ1n) is 8.49. The van der Waals surface area contributed by atoms with Crippen LogP contribution in [0.4, 0.5) is 5.69 Å². The van der Waals surface area contributed by atoms with Gasteiger partial charge in [-0.3, -0.25) is 4.79 Å². The second-order valence-corrected chi connectivity index (χ2v) is 6.27. The van der Waals surface area contributed by atoms with Crippen molar-refractivity contribution in [2.24, 2.45) is 0 Å². The quantitative estimate of drug-likeness (QED) is 0.944. The Hall–Kier alpha value is -2.33. The lowest BCUT2D eigenvalue weighted by atomic mass is 10.1. The number of carbonyl (C=O) groups is 1. The van der Waals surface area contributed by atoms with Gasteiger partial charge in [-0.2, -0.15) is 0 Å². The molecule has 1 atom stereocenters. The molecule has 0 radical (unpaired) electrons. The van der Waals surface area contributed by atoms with Crippen LogP contribution < -0.4 is 4.90 Å². The molecule has 1 aliphatic heterocycles. The van der Waals surface area contributed by atoms with Gasteiger partial charge >= 0.3 is 0 Å². The summed E-state index contributed by atoms with van der Waals surface area (Å²) in [6, 6.07) is 17.5. The number of benzene rings is 2. The third kappa shape index (κ3) is 3.60. The number of nitrogens with zero attached hydrogens (tertiary/aromatic N) is 2. The summed E-state index contributed by atoms with van der Waals surface area (Å²) in [5, 5.41) is 10.4. The fourth-order valence-electron chi connectivity index (χ4n) is 3.25. The summed E-state index contributed by atoms with van der Waals surface area (Å²) in [7, 11) is 0. The van der Waals surface area contributed by atoms with E-state index >= 15 is 0 Å². The standard InChI is InChI=1S/C20H24N2O2/c1-16-8-5-6-11-18(16)21-12-7-13-22(15-14-21)20(24)19(23)17-9-3-2-4-10-17/h2-6,8-11,19,23H,7,12-15H2,1H3. The van der Waals surface area contributed by atoms with Crippen LogP contribution in [-0.4, -0.2) is 42.1 Å². The predicted octanol–water partition coefficient (Wildman–Crippen LogP) is 2.77. The van der Waals surface area contributed by atoms with Crippen LogP contribution in [0.5, 0.6) is 0 Å². The number of hydrogen-bond donors (Lipinski definition) is 1. The Bertz CT molecular complexity index is 687. The fourth-order valence-corrected chi connectivity index (χ4v) is 3.25. The average Bonchev–Trinajstić information content (AvgIpc) is 2.88. The molecule has 2 aromatic carbocycles. The number of aliphatic hydroxyl groups excluding tert-OH is 1. The van der Waals surface area contributed by atoms with E-state index in [-0.39, 0.29) is 5.91 Å². The lowest BCUT2D eigenvalue weighted by Crippen LogP contribution is -2.38. The van der Waals surface area contributed by atoms with Gasteiger partial charge < -0.3 is 14.9 Å². The van der Waals surface area contributed by atoms with Gasteiger partial charge in [0, 0.05) is 31.9 Å². The molecule has 4 heteroatoms. The molecule has 0 saturated carbocycles. The average molecular weight is 324 g/mol. The van der Waals surface area contributed by atoms with Gasteiger partial charge in [-0.25, -0.2) is 0 Å². The van der Waals surface area contributed by atoms with Crippen LogP contribution in [0.25, 0.3) is 0 Å². The summed E-state index contributed by atoms with van der Waals surface area (Å²) in [6.07, 6.45) is -0.169. The number of hydrogen-bond acceptors (Lipinski definition) is 3. The topological polar surface area (TPSA) is 43.8 Å². The van der Waals surface area contributed by atoms with E-state index in [4.69, 9.17) is 0 Å².